The fraction of sp³-hybridized carbons (Fsp3) is 0.857. The molecule has 0 spiro atoms. The Balaban J connectivity index is 1.67. The van der Waals surface area contributed by atoms with Crippen LogP contribution in [-0.2, 0) is 23.8 Å². The number of hydrogen-bond donors (Lipinski definition) is 0. The van der Waals surface area contributed by atoms with Gasteiger partial charge in [-0.1, -0.05) is 13.3 Å². The van der Waals surface area contributed by atoms with Crippen LogP contribution in [0.1, 0.15) is 45.4 Å². The first-order valence-electron chi connectivity index (χ1n) is 7.02. The zero-order valence-electron chi connectivity index (χ0n) is 11.6. The second-order valence-electron chi connectivity index (χ2n) is 5.49. The van der Waals surface area contributed by atoms with Crippen molar-refractivity contribution in [2.24, 2.45) is 5.92 Å². The zero-order chi connectivity index (χ0) is 13.8. The molecule has 4 atom stereocenters. The van der Waals surface area contributed by atoms with Crippen LogP contribution in [0.3, 0.4) is 0 Å². The van der Waals surface area contributed by atoms with Gasteiger partial charge in [0.2, 0.25) is 0 Å². The number of methoxy groups -OCH3 is 1. The van der Waals surface area contributed by atoms with Crippen molar-refractivity contribution in [2.75, 3.05) is 7.11 Å². The van der Waals surface area contributed by atoms with Gasteiger partial charge in [-0.2, -0.15) is 0 Å². The number of carbonyl (C=O) groups excluding carboxylic acids is 2. The second kappa shape index (κ2) is 6.37. The minimum Gasteiger partial charge on any atom is -0.469 e. The van der Waals surface area contributed by atoms with Gasteiger partial charge in [-0.25, -0.2) is 0 Å². The Bertz CT molecular complexity index is 341. The van der Waals surface area contributed by atoms with Crippen LogP contribution >= 0.6 is 0 Å². The highest BCUT2D eigenvalue weighted by molar-refractivity contribution is 5.72. The Morgan fingerprint density at radius 2 is 1.74 bits per heavy atom. The third-order valence-electron chi connectivity index (χ3n) is 3.97. The molecule has 1 saturated heterocycles. The van der Waals surface area contributed by atoms with Gasteiger partial charge in [0.05, 0.1) is 32.2 Å². The summed E-state index contributed by atoms with van der Waals surface area (Å²) in [6, 6.07) is 0. The normalized spacial score (nSPS) is 33.6. The largest absolute Gasteiger partial charge is 0.469 e. The Kier molecular flexibility index (Phi) is 4.80. The lowest BCUT2D eigenvalue weighted by molar-refractivity contribution is -0.153. The molecule has 0 radical (unpaired) electrons. The van der Waals surface area contributed by atoms with Crippen LogP contribution in [0.15, 0.2) is 0 Å². The van der Waals surface area contributed by atoms with E-state index in [1.165, 1.54) is 13.5 Å². The maximum atomic E-state index is 11.8. The molecule has 0 aromatic carbocycles. The number of carbonyl (C=O) groups is 2. The van der Waals surface area contributed by atoms with E-state index in [-0.39, 0.29) is 43.1 Å². The Morgan fingerprint density at radius 3 is 2.37 bits per heavy atom. The quantitative estimate of drug-likeness (QED) is 0.563. The maximum absolute atomic E-state index is 11.8. The topological polar surface area (TPSA) is 65.1 Å². The molecule has 0 amide bonds. The van der Waals surface area contributed by atoms with Crippen LogP contribution in [0, 0.1) is 5.92 Å². The molecule has 2 rings (SSSR count). The Labute approximate surface area is 113 Å². The fourth-order valence-corrected chi connectivity index (χ4v) is 2.62. The van der Waals surface area contributed by atoms with Gasteiger partial charge in [-0.05, 0) is 25.2 Å². The van der Waals surface area contributed by atoms with E-state index in [4.69, 9.17) is 9.47 Å². The summed E-state index contributed by atoms with van der Waals surface area (Å²) < 4.78 is 15.3. The molecule has 2 fully saturated rings. The van der Waals surface area contributed by atoms with E-state index in [2.05, 4.69) is 11.7 Å². The fourth-order valence-electron chi connectivity index (χ4n) is 2.62. The number of esters is 2. The summed E-state index contributed by atoms with van der Waals surface area (Å²) in [7, 11) is 1.35. The van der Waals surface area contributed by atoms with Gasteiger partial charge in [-0.3, -0.25) is 9.59 Å². The molecular formula is C14H22O5. The summed E-state index contributed by atoms with van der Waals surface area (Å²) in [6.07, 6.45) is 4.61. The van der Waals surface area contributed by atoms with Crippen molar-refractivity contribution in [2.45, 2.75) is 63.8 Å². The first-order valence-corrected chi connectivity index (χ1v) is 7.02. The molecule has 1 aliphatic carbocycles. The summed E-state index contributed by atoms with van der Waals surface area (Å²) in [5, 5.41) is 0. The maximum Gasteiger partial charge on any atom is 0.308 e. The number of ether oxygens (including phenoxy) is 3. The summed E-state index contributed by atoms with van der Waals surface area (Å²) in [6.45, 7) is 2.13. The van der Waals surface area contributed by atoms with Gasteiger partial charge < -0.3 is 14.2 Å². The highest BCUT2D eigenvalue weighted by Gasteiger charge is 2.42. The van der Waals surface area contributed by atoms with E-state index < -0.39 is 0 Å². The van der Waals surface area contributed by atoms with Crippen LogP contribution < -0.4 is 0 Å². The highest BCUT2D eigenvalue weighted by Crippen LogP contribution is 2.31. The molecule has 19 heavy (non-hydrogen) atoms. The molecule has 1 aliphatic heterocycles. The molecule has 108 valence electrons. The molecule has 2 aliphatic rings. The molecule has 1 saturated carbocycles. The standard InChI is InChI=1S/C14H22O5/c1-9-5-3-4-6-10(9)19-14(16)8-12-11(18-12)7-13(15)17-2/h9-12H,3-8H2,1-2H3. The first kappa shape index (κ1) is 14.3. The molecule has 0 aromatic rings. The van der Waals surface area contributed by atoms with Crippen LogP contribution in [0.4, 0.5) is 0 Å². The molecule has 5 heteroatoms. The van der Waals surface area contributed by atoms with Gasteiger partial charge in [0.15, 0.2) is 0 Å². The van der Waals surface area contributed by atoms with Crippen LogP contribution in [0.25, 0.3) is 0 Å². The summed E-state index contributed by atoms with van der Waals surface area (Å²) >= 11 is 0. The average molecular weight is 270 g/mol. The Morgan fingerprint density at radius 1 is 1.11 bits per heavy atom. The lowest BCUT2D eigenvalue weighted by Crippen LogP contribution is -2.28. The van der Waals surface area contributed by atoms with Gasteiger partial charge in [0.25, 0.3) is 0 Å². The predicted octanol–water partition coefficient (Wildman–Crippen LogP) is 1.83. The zero-order valence-corrected chi connectivity index (χ0v) is 11.6. The van der Waals surface area contributed by atoms with E-state index in [1.54, 1.807) is 0 Å². The van der Waals surface area contributed by atoms with Crippen molar-refractivity contribution in [1.82, 2.24) is 0 Å². The monoisotopic (exact) mass is 270 g/mol. The smallest absolute Gasteiger partial charge is 0.308 e. The number of hydrogen-bond acceptors (Lipinski definition) is 5. The first-order chi connectivity index (χ1) is 9.10. The van der Waals surface area contributed by atoms with Gasteiger partial charge >= 0.3 is 11.9 Å². The summed E-state index contributed by atoms with van der Waals surface area (Å²) in [4.78, 5) is 22.8. The van der Waals surface area contributed by atoms with Crippen LogP contribution in [0.5, 0.6) is 0 Å². The SMILES string of the molecule is COC(=O)CC1OC1CC(=O)OC1CCCCC1C. The van der Waals surface area contributed by atoms with Crippen LogP contribution in [0.2, 0.25) is 0 Å². The highest BCUT2D eigenvalue weighted by atomic mass is 16.6. The van der Waals surface area contributed by atoms with Gasteiger partial charge in [0.1, 0.15) is 6.10 Å². The minimum absolute atomic E-state index is 0.0547. The van der Waals surface area contributed by atoms with E-state index in [0.717, 1.165) is 19.3 Å². The molecule has 5 nitrogen and oxygen atoms in total. The van der Waals surface area contributed by atoms with Crippen molar-refractivity contribution in [3.05, 3.63) is 0 Å². The Hall–Kier alpha value is -1.10. The van der Waals surface area contributed by atoms with Gasteiger partial charge in [-0.15, -0.1) is 0 Å². The van der Waals surface area contributed by atoms with Crippen LogP contribution in [-0.4, -0.2) is 37.4 Å². The van der Waals surface area contributed by atoms with E-state index in [1.807, 2.05) is 0 Å². The lowest BCUT2D eigenvalue weighted by Gasteiger charge is -2.28. The molecule has 0 N–H and O–H groups in total. The third-order valence-corrected chi connectivity index (χ3v) is 3.97. The minimum atomic E-state index is -0.304. The van der Waals surface area contributed by atoms with E-state index in [0.29, 0.717) is 5.92 Å². The van der Waals surface area contributed by atoms with Crippen molar-refractivity contribution in [3.8, 4) is 0 Å². The summed E-state index contributed by atoms with van der Waals surface area (Å²) in [5.41, 5.74) is 0. The molecule has 0 aromatic heterocycles. The van der Waals surface area contributed by atoms with E-state index in [9.17, 15) is 9.59 Å². The molecular weight excluding hydrogens is 248 g/mol. The number of rotatable bonds is 5. The molecule has 1 heterocycles. The van der Waals surface area contributed by atoms with Crippen molar-refractivity contribution in [3.63, 3.8) is 0 Å². The molecule has 4 unspecified atom stereocenters. The average Bonchev–Trinajstić information content (AvgIpc) is 3.09. The van der Waals surface area contributed by atoms with Gasteiger partial charge in [0, 0.05) is 0 Å². The van der Waals surface area contributed by atoms with Crippen molar-refractivity contribution < 1.29 is 23.8 Å². The summed E-state index contributed by atoms with van der Waals surface area (Å²) in [5.74, 6) is -0.0680. The van der Waals surface area contributed by atoms with Crippen molar-refractivity contribution in [1.29, 1.82) is 0 Å². The third kappa shape index (κ3) is 4.20. The number of epoxide rings is 1. The predicted molar refractivity (Wildman–Crippen MR) is 67.4 cm³/mol. The lowest BCUT2D eigenvalue weighted by atomic mass is 9.88. The molecule has 0 bridgehead atoms. The second-order valence-corrected chi connectivity index (χ2v) is 5.49. The van der Waals surface area contributed by atoms with E-state index >= 15 is 0 Å². The van der Waals surface area contributed by atoms with Crippen molar-refractivity contribution >= 4 is 11.9 Å².